The normalized spacial score (nSPS) is 21.7. The SMILES string of the molecule is NCCCC[C@@H]1NC(=O)[C@@H](Cc2c[nH]c3ccccc23)NC(=O)[C@H](c2ccccc2)NC(=O)[C@@H]2CC(OC(=O)NCCN)CN2C(=O)[C@H](Cc2ccc(OCc3ccccc3)cc2)NC1=O. The molecule has 17 heteroatoms. The Morgan fingerprint density at radius 3 is 2.11 bits per heavy atom. The molecule has 66 heavy (non-hydrogen) atoms. The number of aromatic nitrogens is 1. The Bertz CT molecular complexity index is 2450. The van der Waals surface area contributed by atoms with Crippen LogP contribution in [-0.4, -0.2) is 102 Å². The molecule has 0 saturated carbocycles. The van der Waals surface area contributed by atoms with Crippen molar-refractivity contribution >= 4 is 46.5 Å². The maximum atomic E-state index is 15.0. The first-order valence-corrected chi connectivity index (χ1v) is 22.3. The van der Waals surface area contributed by atoms with Gasteiger partial charge in [0.2, 0.25) is 29.5 Å². The summed E-state index contributed by atoms with van der Waals surface area (Å²) < 4.78 is 11.7. The fourth-order valence-corrected chi connectivity index (χ4v) is 8.32. The van der Waals surface area contributed by atoms with Crippen LogP contribution in [-0.2, 0) is 48.2 Å². The summed E-state index contributed by atoms with van der Waals surface area (Å²) in [4.78, 5) is 90.6. The Balaban J connectivity index is 1.25. The van der Waals surface area contributed by atoms with Gasteiger partial charge in [0.25, 0.3) is 0 Å². The van der Waals surface area contributed by atoms with Gasteiger partial charge in [-0.15, -0.1) is 0 Å². The summed E-state index contributed by atoms with van der Waals surface area (Å²) in [6.45, 7) is 0.794. The highest BCUT2D eigenvalue weighted by Crippen LogP contribution is 2.26. The van der Waals surface area contributed by atoms with Crippen molar-refractivity contribution in [3.8, 4) is 5.75 Å². The molecule has 7 rings (SSSR count). The largest absolute Gasteiger partial charge is 0.489 e. The number of hydrogen-bond acceptors (Lipinski definition) is 10. The van der Waals surface area contributed by atoms with E-state index >= 15 is 4.79 Å². The van der Waals surface area contributed by atoms with Crippen molar-refractivity contribution in [2.24, 2.45) is 11.5 Å². The number of nitrogens with zero attached hydrogens (tertiary/aromatic N) is 1. The molecule has 6 atom stereocenters. The summed E-state index contributed by atoms with van der Waals surface area (Å²) in [5, 5.41) is 14.9. The number of H-pyrrole nitrogens is 1. The minimum absolute atomic E-state index is 0.0176. The lowest BCUT2D eigenvalue weighted by atomic mass is 10.0. The van der Waals surface area contributed by atoms with E-state index in [0.717, 1.165) is 22.0 Å². The number of unbranched alkanes of at least 4 members (excludes halogenated alkanes) is 1. The summed E-state index contributed by atoms with van der Waals surface area (Å²) in [6, 6.07) is 26.7. The fourth-order valence-electron chi connectivity index (χ4n) is 8.32. The third-order valence-electron chi connectivity index (χ3n) is 11.8. The van der Waals surface area contributed by atoms with Crippen molar-refractivity contribution < 1.29 is 38.2 Å². The third kappa shape index (κ3) is 12.1. The lowest BCUT2D eigenvalue weighted by molar-refractivity contribution is -0.142. The van der Waals surface area contributed by atoms with E-state index in [1.807, 2.05) is 54.6 Å². The number of carbonyl (C=O) groups excluding carboxylic acids is 6. The molecular formula is C49H57N9O8. The maximum absolute atomic E-state index is 15.0. The van der Waals surface area contributed by atoms with E-state index in [4.69, 9.17) is 20.9 Å². The van der Waals surface area contributed by atoms with Crippen LogP contribution in [0.25, 0.3) is 10.9 Å². The highest BCUT2D eigenvalue weighted by atomic mass is 16.6. The molecule has 2 fully saturated rings. The number of fused-ring (bicyclic) bond motifs is 2. The van der Waals surface area contributed by atoms with Gasteiger partial charge >= 0.3 is 6.09 Å². The van der Waals surface area contributed by atoms with Crippen LogP contribution in [0.3, 0.4) is 0 Å². The molecule has 6 amide bonds. The van der Waals surface area contributed by atoms with Gasteiger partial charge in [-0.05, 0) is 66.3 Å². The zero-order chi connectivity index (χ0) is 46.4. The van der Waals surface area contributed by atoms with Gasteiger partial charge in [-0.3, -0.25) is 24.0 Å². The van der Waals surface area contributed by atoms with E-state index in [1.165, 1.54) is 4.90 Å². The smallest absolute Gasteiger partial charge is 0.407 e. The second-order valence-corrected chi connectivity index (χ2v) is 16.5. The van der Waals surface area contributed by atoms with E-state index in [0.29, 0.717) is 42.9 Å². The topological polar surface area (TPSA) is 252 Å². The molecule has 0 bridgehead atoms. The number of benzene rings is 4. The molecule has 4 aromatic carbocycles. The summed E-state index contributed by atoms with van der Waals surface area (Å²) in [7, 11) is 0. The summed E-state index contributed by atoms with van der Waals surface area (Å²) in [6.07, 6.45) is 1.14. The Kier molecular flexibility index (Phi) is 16.0. The van der Waals surface area contributed by atoms with Crippen LogP contribution in [0.5, 0.6) is 5.75 Å². The van der Waals surface area contributed by atoms with Gasteiger partial charge in [-0.1, -0.05) is 91.0 Å². The fraction of sp³-hybridized carbons (Fsp3) is 0.347. The van der Waals surface area contributed by atoms with Gasteiger partial charge < -0.3 is 57.4 Å². The van der Waals surface area contributed by atoms with Gasteiger partial charge in [0.15, 0.2) is 0 Å². The minimum atomic E-state index is -1.33. The monoisotopic (exact) mass is 899 g/mol. The number of para-hydroxylation sites is 1. The molecule has 2 saturated heterocycles. The Morgan fingerprint density at radius 1 is 0.682 bits per heavy atom. The van der Waals surface area contributed by atoms with Gasteiger partial charge in [0.1, 0.15) is 48.7 Å². The molecule has 1 unspecified atom stereocenters. The number of amides is 6. The quantitative estimate of drug-likeness (QED) is 0.0714. The van der Waals surface area contributed by atoms with Crippen molar-refractivity contribution in [2.45, 2.75) is 81.4 Å². The van der Waals surface area contributed by atoms with Crippen LogP contribution >= 0.6 is 0 Å². The number of ether oxygens (including phenoxy) is 2. The number of nitrogens with two attached hydrogens (primary N) is 2. The van der Waals surface area contributed by atoms with Crippen molar-refractivity contribution in [1.29, 1.82) is 0 Å². The number of alkyl carbamates (subject to hydrolysis) is 1. The zero-order valence-electron chi connectivity index (χ0n) is 36.6. The van der Waals surface area contributed by atoms with E-state index in [9.17, 15) is 24.0 Å². The molecule has 10 N–H and O–H groups in total. The van der Waals surface area contributed by atoms with Gasteiger partial charge in [-0.25, -0.2) is 4.79 Å². The van der Waals surface area contributed by atoms with Crippen LogP contribution in [0.2, 0.25) is 0 Å². The van der Waals surface area contributed by atoms with E-state index in [-0.39, 0.29) is 45.3 Å². The first-order chi connectivity index (χ1) is 32.1. The Hall–Kier alpha value is -7.24. The molecule has 5 aromatic rings. The summed E-state index contributed by atoms with van der Waals surface area (Å²) in [5.74, 6) is -2.75. The van der Waals surface area contributed by atoms with E-state index in [2.05, 4.69) is 31.6 Å². The predicted molar refractivity (Wildman–Crippen MR) is 246 cm³/mol. The molecule has 1 aromatic heterocycles. The minimum Gasteiger partial charge on any atom is -0.489 e. The van der Waals surface area contributed by atoms with Crippen LogP contribution < -0.4 is 42.8 Å². The number of rotatable bonds is 15. The standard InChI is InChI=1S/C49H57N9O8/c50-22-10-9-17-39-44(59)56-41(25-31-18-20-35(21-19-31)65-30-32-11-3-1-4-12-32)48(63)58-29-36(66-49(64)52-24-23-51)27-42(58)46(61)57-43(33-13-5-2-6-14-33)47(62)55-40(45(60)54-39)26-34-28-53-38-16-8-7-15-37(34)38/h1-8,11-16,18-21,28,36,39-43,53H,9-10,17,22-27,29-30,50-51H2,(H,52,64)(H,54,60)(H,55,62)(H,56,59)(H,57,61)/t36?,39-,40+,41-,42-,43-/m0/s1. The van der Waals surface area contributed by atoms with E-state index in [1.54, 1.807) is 60.8 Å². The number of nitrogens with one attached hydrogen (secondary N) is 6. The Morgan fingerprint density at radius 2 is 1.36 bits per heavy atom. The average Bonchev–Trinajstić information content (AvgIpc) is 3.95. The highest BCUT2D eigenvalue weighted by Gasteiger charge is 2.45. The second kappa shape index (κ2) is 22.6. The first kappa shape index (κ1) is 46.7. The van der Waals surface area contributed by atoms with Crippen molar-refractivity contribution in [2.75, 3.05) is 26.2 Å². The van der Waals surface area contributed by atoms with Crippen LogP contribution in [0, 0.1) is 0 Å². The third-order valence-corrected chi connectivity index (χ3v) is 11.8. The Labute approximate surface area is 382 Å². The van der Waals surface area contributed by atoms with Crippen molar-refractivity contribution in [1.82, 2.24) is 36.5 Å². The molecule has 3 heterocycles. The molecule has 2 aliphatic rings. The molecule has 0 radical (unpaired) electrons. The summed E-state index contributed by atoms with van der Waals surface area (Å²) >= 11 is 0. The van der Waals surface area contributed by atoms with Crippen molar-refractivity contribution in [3.63, 3.8) is 0 Å². The van der Waals surface area contributed by atoms with Crippen LogP contribution in [0.4, 0.5) is 4.79 Å². The van der Waals surface area contributed by atoms with Gasteiger partial charge in [0, 0.05) is 49.5 Å². The number of aromatic amines is 1. The molecule has 346 valence electrons. The van der Waals surface area contributed by atoms with E-state index < -0.39 is 71.9 Å². The average molecular weight is 900 g/mol. The van der Waals surface area contributed by atoms with Crippen molar-refractivity contribution in [3.05, 3.63) is 138 Å². The highest BCUT2D eigenvalue weighted by molar-refractivity contribution is 5.99. The molecule has 0 aliphatic carbocycles. The number of carbonyl (C=O) groups is 6. The molecule has 17 nitrogen and oxygen atoms in total. The van der Waals surface area contributed by atoms with Crippen LogP contribution in [0.15, 0.2) is 115 Å². The number of hydrogen-bond donors (Lipinski definition) is 8. The maximum Gasteiger partial charge on any atom is 0.407 e. The first-order valence-electron chi connectivity index (χ1n) is 22.3. The zero-order valence-corrected chi connectivity index (χ0v) is 36.6. The summed E-state index contributed by atoms with van der Waals surface area (Å²) in [5.41, 5.74) is 15.1. The van der Waals surface area contributed by atoms with Crippen LogP contribution in [0.1, 0.15) is 54.0 Å². The predicted octanol–water partition coefficient (Wildman–Crippen LogP) is 2.64. The molecular weight excluding hydrogens is 843 g/mol. The van der Waals surface area contributed by atoms with Gasteiger partial charge in [0.05, 0.1) is 6.54 Å². The second-order valence-electron chi connectivity index (χ2n) is 16.5. The molecule has 0 spiro atoms. The molecule has 2 aliphatic heterocycles. The van der Waals surface area contributed by atoms with Gasteiger partial charge in [-0.2, -0.15) is 0 Å². The lowest BCUT2D eigenvalue weighted by Gasteiger charge is -2.30. The lowest BCUT2D eigenvalue weighted by Crippen LogP contribution is -2.58.